The second kappa shape index (κ2) is 7.41. The van der Waals surface area contributed by atoms with Crippen LogP contribution in [-0.4, -0.2) is 23.5 Å². The Hall–Kier alpha value is -2.62. The highest BCUT2D eigenvalue weighted by atomic mass is 16.5. The van der Waals surface area contributed by atoms with Crippen LogP contribution < -0.4 is 4.74 Å². The number of carbonyl (C=O) groups is 2. The molecule has 0 saturated carbocycles. The number of hydrogen-bond donors (Lipinski definition) is 1. The Bertz CT molecular complexity index is 629. The molecule has 1 atom stereocenters. The highest BCUT2D eigenvalue weighted by Crippen LogP contribution is 2.16. The van der Waals surface area contributed by atoms with Crippen LogP contribution in [0, 0.1) is 6.92 Å². The fraction of sp³-hybridized carbons (Fsp3) is 0.222. The molecule has 114 valence electrons. The van der Waals surface area contributed by atoms with Gasteiger partial charge in [-0.05, 0) is 49.6 Å². The van der Waals surface area contributed by atoms with Gasteiger partial charge in [0.15, 0.2) is 6.10 Å². The van der Waals surface area contributed by atoms with Gasteiger partial charge in [-0.15, -0.1) is 0 Å². The minimum atomic E-state index is -0.994. The van der Waals surface area contributed by atoms with Gasteiger partial charge in [0.2, 0.25) is 0 Å². The molecular weight excluding hydrogens is 280 g/mol. The Morgan fingerprint density at radius 1 is 1.14 bits per heavy atom. The molecule has 0 aliphatic carbocycles. The molecule has 0 heterocycles. The van der Waals surface area contributed by atoms with Crippen molar-refractivity contribution in [3.8, 4) is 5.75 Å². The zero-order valence-electron chi connectivity index (χ0n) is 12.4. The second-order valence-corrected chi connectivity index (χ2v) is 5.16. The molecule has 0 saturated heterocycles. The van der Waals surface area contributed by atoms with E-state index >= 15 is 0 Å². The summed E-state index contributed by atoms with van der Waals surface area (Å²) in [6, 6.07) is 14.4. The van der Waals surface area contributed by atoms with Crippen molar-refractivity contribution < 1.29 is 19.4 Å². The minimum Gasteiger partial charge on any atom is -0.479 e. The summed E-state index contributed by atoms with van der Waals surface area (Å²) >= 11 is 0. The standard InChI is InChI=1S/C18H18O4/c1-13-2-4-14(5-3-13)8-11-17(18(20)21)22-16-9-6-15(12-19)7-10-16/h2-7,9-10,12,17H,8,11H2,1H3,(H,20,21). The van der Waals surface area contributed by atoms with Crippen molar-refractivity contribution >= 4 is 12.3 Å². The third kappa shape index (κ3) is 4.45. The van der Waals surface area contributed by atoms with Crippen LogP contribution in [0.25, 0.3) is 0 Å². The molecule has 0 aliphatic rings. The van der Waals surface area contributed by atoms with Crippen LogP contribution in [0.2, 0.25) is 0 Å². The number of carboxylic acids is 1. The zero-order chi connectivity index (χ0) is 15.9. The van der Waals surface area contributed by atoms with Crippen molar-refractivity contribution in [2.24, 2.45) is 0 Å². The smallest absolute Gasteiger partial charge is 0.344 e. The Balaban J connectivity index is 1.98. The molecule has 0 radical (unpaired) electrons. The van der Waals surface area contributed by atoms with Crippen LogP contribution in [0.15, 0.2) is 48.5 Å². The molecule has 2 aromatic rings. The monoisotopic (exact) mass is 298 g/mol. The van der Waals surface area contributed by atoms with Gasteiger partial charge in [-0.1, -0.05) is 29.8 Å². The highest BCUT2D eigenvalue weighted by Gasteiger charge is 2.19. The molecular formula is C18H18O4. The van der Waals surface area contributed by atoms with Gasteiger partial charge in [0.1, 0.15) is 12.0 Å². The third-order valence-corrected chi connectivity index (χ3v) is 3.39. The molecule has 0 fully saturated rings. The number of rotatable bonds is 7. The molecule has 4 nitrogen and oxygen atoms in total. The van der Waals surface area contributed by atoms with Crippen LogP contribution in [0.5, 0.6) is 5.75 Å². The summed E-state index contributed by atoms with van der Waals surface area (Å²) in [5, 5.41) is 9.28. The first-order valence-corrected chi connectivity index (χ1v) is 7.09. The summed E-state index contributed by atoms with van der Waals surface area (Å²) in [4.78, 5) is 21.9. The molecule has 0 aromatic heterocycles. The lowest BCUT2D eigenvalue weighted by Gasteiger charge is -2.15. The van der Waals surface area contributed by atoms with Crippen LogP contribution in [-0.2, 0) is 11.2 Å². The van der Waals surface area contributed by atoms with Crippen molar-refractivity contribution in [3.63, 3.8) is 0 Å². The summed E-state index contributed by atoms with van der Waals surface area (Å²) in [5.41, 5.74) is 2.78. The third-order valence-electron chi connectivity index (χ3n) is 3.39. The van der Waals surface area contributed by atoms with Gasteiger partial charge >= 0.3 is 5.97 Å². The Labute approximate surface area is 129 Å². The fourth-order valence-corrected chi connectivity index (χ4v) is 2.07. The largest absolute Gasteiger partial charge is 0.479 e. The average Bonchev–Trinajstić information content (AvgIpc) is 2.53. The maximum Gasteiger partial charge on any atom is 0.344 e. The van der Waals surface area contributed by atoms with Crippen molar-refractivity contribution in [2.75, 3.05) is 0 Å². The Kier molecular flexibility index (Phi) is 5.31. The van der Waals surface area contributed by atoms with Gasteiger partial charge in [-0.25, -0.2) is 4.79 Å². The van der Waals surface area contributed by atoms with Gasteiger partial charge in [0.05, 0.1) is 0 Å². The maximum absolute atomic E-state index is 11.3. The first-order valence-electron chi connectivity index (χ1n) is 7.09. The number of aryl methyl sites for hydroxylation is 2. The van der Waals surface area contributed by atoms with Gasteiger partial charge in [0.25, 0.3) is 0 Å². The molecule has 2 rings (SSSR count). The fourth-order valence-electron chi connectivity index (χ4n) is 2.07. The summed E-state index contributed by atoms with van der Waals surface area (Å²) in [5.74, 6) is -0.548. The summed E-state index contributed by atoms with van der Waals surface area (Å²) in [6.07, 6.45) is 0.830. The van der Waals surface area contributed by atoms with E-state index in [0.29, 0.717) is 24.2 Å². The van der Waals surface area contributed by atoms with E-state index in [0.717, 1.165) is 11.8 Å². The molecule has 0 amide bonds. The van der Waals surface area contributed by atoms with Gasteiger partial charge in [-0.3, -0.25) is 4.79 Å². The summed E-state index contributed by atoms with van der Waals surface area (Å²) < 4.78 is 5.51. The van der Waals surface area contributed by atoms with E-state index < -0.39 is 12.1 Å². The molecule has 22 heavy (non-hydrogen) atoms. The maximum atomic E-state index is 11.3. The highest BCUT2D eigenvalue weighted by molar-refractivity contribution is 5.75. The van der Waals surface area contributed by atoms with Crippen molar-refractivity contribution in [1.82, 2.24) is 0 Å². The van der Waals surface area contributed by atoms with Crippen LogP contribution in [0.3, 0.4) is 0 Å². The Morgan fingerprint density at radius 3 is 2.32 bits per heavy atom. The van der Waals surface area contributed by atoms with E-state index in [-0.39, 0.29) is 0 Å². The quantitative estimate of drug-likeness (QED) is 0.797. The van der Waals surface area contributed by atoms with Crippen molar-refractivity contribution in [1.29, 1.82) is 0 Å². The van der Waals surface area contributed by atoms with E-state index in [1.54, 1.807) is 24.3 Å². The first kappa shape index (κ1) is 15.8. The van der Waals surface area contributed by atoms with Crippen molar-refractivity contribution in [2.45, 2.75) is 25.9 Å². The number of ether oxygens (including phenoxy) is 1. The normalized spacial score (nSPS) is 11.7. The topological polar surface area (TPSA) is 63.6 Å². The second-order valence-electron chi connectivity index (χ2n) is 5.16. The minimum absolute atomic E-state index is 0.383. The Morgan fingerprint density at radius 2 is 1.77 bits per heavy atom. The van der Waals surface area contributed by atoms with Crippen LogP contribution in [0.4, 0.5) is 0 Å². The van der Waals surface area contributed by atoms with Crippen molar-refractivity contribution in [3.05, 3.63) is 65.2 Å². The molecule has 0 spiro atoms. The van der Waals surface area contributed by atoms with E-state index in [1.807, 2.05) is 31.2 Å². The number of carbonyl (C=O) groups excluding carboxylic acids is 1. The van der Waals surface area contributed by atoms with Gasteiger partial charge in [0, 0.05) is 5.56 Å². The number of aliphatic carboxylic acids is 1. The van der Waals surface area contributed by atoms with Gasteiger partial charge < -0.3 is 9.84 Å². The average molecular weight is 298 g/mol. The molecule has 1 N–H and O–H groups in total. The predicted octanol–water partition coefficient (Wildman–Crippen LogP) is 3.27. The number of hydrogen-bond acceptors (Lipinski definition) is 3. The molecule has 2 aromatic carbocycles. The van der Waals surface area contributed by atoms with Crippen LogP contribution >= 0.6 is 0 Å². The molecule has 0 aliphatic heterocycles. The lowest BCUT2D eigenvalue weighted by molar-refractivity contribution is -0.145. The molecule has 4 heteroatoms. The molecule has 0 bridgehead atoms. The number of carboxylic acid groups (broad SMARTS) is 1. The van der Waals surface area contributed by atoms with Gasteiger partial charge in [-0.2, -0.15) is 0 Å². The number of aldehydes is 1. The van der Waals surface area contributed by atoms with E-state index in [4.69, 9.17) is 4.74 Å². The van der Waals surface area contributed by atoms with E-state index in [9.17, 15) is 14.7 Å². The van der Waals surface area contributed by atoms with E-state index in [2.05, 4.69) is 0 Å². The zero-order valence-corrected chi connectivity index (χ0v) is 12.4. The predicted molar refractivity (Wildman–Crippen MR) is 83.4 cm³/mol. The lowest BCUT2D eigenvalue weighted by atomic mass is 10.1. The number of benzene rings is 2. The van der Waals surface area contributed by atoms with E-state index in [1.165, 1.54) is 5.56 Å². The molecule has 1 unspecified atom stereocenters. The lowest BCUT2D eigenvalue weighted by Crippen LogP contribution is -2.27. The SMILES string of the molecule is Cc1ccc(CCC(Oc2ccc(C=O)cc2)C(=O)O)cc1. The van der Waals surface area contributed by atoms with Crippen LogP contribution in [0.1, 0.15) is 27.9 Å². The summed E-state index contributed by atoms with van der Waals surface area (Å²) in [7, 11) is 0. The first-order chi connectivity index (χ1) is 10.6. The summed E-state index contributed by atoms with van der Waals surface area (Å²) in [6.45, 7) is 2.01.